The third-order valence-electron chi connectivity index (χ3n) is 4.73. The molecule has 0 radical (unpaired) electrons. The maximum atomic E-state index is 12.5. The maximum absolute atomic E-state index is 12.5. The predicted octanol–water partition coefficient (Wildman–Crippen LogP) is 2.73. The first-order valence-corrected chi connectivity index (χ1v) is 9.78. The molecule has 0 saturated heterocycles. The third kappa shape index (κ3) is 3.86. The van der Waals surface area contributed by atoms with Gasteiger partial charge in [0, 0.05) is 38.0 Å². The van der Waals surface area contributed by atoms with E-state index in [1.807, 2.05) is 53.9 Å². The van der Waals surface area contributed by atoms with E-state index < -0.39 is 0 Å². The molecule has 4 rings (SSSR count). The highest BCUT2D eigenvalue weighted by Gasteiger charge is 2.16. The molecule has 0 spiro atoms. The topological polar surface area (TPSA) is 101 Å². The summed E-state index contributed by atoms with van der Waals surface area (Å²) in [5.74, 6) is 1.52. The van der Waals surface area contributed by atoms with Gasteiger partial charge in [0.1, 0.15) is 0 Å². The summed E-state index contributed by atoms with van der Waals surface area (Å²) in [5.41, 5.74) is 2.93. The van der Waals surface area contributed by atoms with Gasteiger partial charge in [-0.3, -0.25) is 9.20 Å². The Hall–Kier alpha value is -3.75. The van der Waals surface area contributed by atoms with Crippen molar-refractivity contribution in [3.05, 3.63) is 59.8 Å². The second kappa shape index (κ2) is 8.32. The van der Waals surface area contributed by atoms with Gasteiger partial charge in [0.15, 0.2) is 17.3 Å². The molecule has 0 bridgehead atoms. The van der Waals surface area contributed by atoms with E-state index in [0.29, 0.717) is 34.3 Å². The van der Waals surface area contributed by atoms with Crippen molar-refractivity contribution in [1.82, 2.24) is 30.1 Å². The first-order chi connectivity index (χ1) is 14.6. The number of carbonyl (C=O) groups excluding carboxylic acids is 1. The van der Waals surface area contributed by atoms with Gasteiger partial charge >= 0.3 is 0 Å². The second-order valence-corrected chi connectivity index (χ2v) is 7.12. The SMILES string of the molecule is CCCc1noc(-c2cccn3c(CNC(=O)c4ccc(N(C)C)cc4)nnc23)n1. The molecule has 154 valence electrons. The lowest BCUT2D eigenvalue weighted by molar-refractivity contribution is 0.0950. The number of carbonyl (C=O) groups is 1. The molecule has 0 aliphatic rings. The number of hydrogen-bond acceptors (Lipinski definition) is 7. The van der Waals surface area contributed by atoms with Gasteiger partial charge in [0.2, 0.25) is 0 Å². The molecule has 0 aliphatic heterocycles. The van der Waals surface area contributed by atoms with E-state index in [-0.39, 0.29) is 12.5 Å². The number of hydrogen-bond donors (Lipinski definition) is 1. The molecule has 0 saturated carbocycles. The van der Waals surface area contributed by atoms with Crippen LogP contribution in [0.5, 0.6) is 0 Å². The number of aryl methyl sites for hydroxylation is 1. The average molecular weight is 405 g/mol. The van der Waals surface area contributed by atoms with Crippen LogP contribution in [0, 0.1) is 0 Å². The van der Waals surface area contributed by atoms with Crippen LogP contribution in [0.15, 0.2) is 47.1 Å². The number of pyridine rings is 1. The molecular formula is C21H23N7O2. The standard InChI is InChI=1S/C21H23N7O2/c1-4-6-17-23-21(30-26-17)16-7-5-12-28-18(24-25-19(16)28)13-22-20(29)14-8-10-15(11-9-14)27(2)3/h5,7-12H,4,6,13H2,1-3H3,(H,22,29). The summed E-state index contributed by atoms with van der Waals surface area (Å²) in [6.07, 6.45) is 3.54. The highest BCUT2D eigenvalue weighted by molar-refractivity contribution is 5.94. The predicted molar refractivity (Wildman–Crippen MR) is 112 cm³/mol. The van der Waals surface area contributed by atoms with Crippen LogP contribution in [0.3, 0.4) is 0 Å². The fourth-order valence-corrected chi connectivity index (χ4v) is 3.11. The smallest absolute Gasteiger partial charge is 0.261 e. The molecule has 0 unspecified atom stereocenters. The summed E-state index contributed by atoms with van der Waals surface area (Å²) < 4.78 is 7.20. The minimum absolute atomic E-state index is 0.172. The van der Waals surface area contributed by atoms with Gasteiger partial charge in [-0.1, -0.05) is 12.1 Å². The van der Waals surface area contributed by atoms with Gasteiger partial charge in [0.25, 0.3) is 11.8 Å². The molecule has 0 atom stereocenters. The molecule has 0 aliphatic carbocycles. The first kappa shape index (κ1) is 19.6. The van der Waals surface area contributed by atoms with Crippen molar-refractivity contribution in [1.29, 1.82) is 0 Å². The Morgan fingerprint density at radius 1 is 1.17 bits per heavy atom. The number of anilines is 1. The Morgan fingerprint density at radius 2 is 1.97 bits per heavy atom. The summed E-state index contributed by atoms with van der Waals surface area (Å²) in [5, 5.41) is 15.4. The lowest BCUT2D eigenvalue weighted by Crippen LogP contribution is -2.24. The molecule has 9 heteroatoms. The first-order valence-electron chi connectivity index (χ1n) is 9.78. The quantitative estimate of drug-likeness (QED) is 0.504. The minimum atomic E-state index is -0.172. The Bertz CT molecular complexity index is 1160. The van der Waals surface area contributed by atoms with E-state index >= 15 is 0 Å². The summed E-state index contributed by atoms with van der Waals surface area (Å²) >= 11 is 0. The highest BCUT2D eigenvalue weighted by Crippen LogP contribution is 2.22. The Balaban J connectivity index is 1.52. The van der Waals surface area contributed by atoms with Crippen molar-refractivity contribution < 1.29 is 9.32 Å². The largest absolute Gasteiger partial charge is 0.378 e. The van der Waals surface area contributed by atoms with Crippen molar-refractivity contribution in [3.8, 4) is 11.5 Å². The van der Waals surface area contributed by atoms with Crippen LogP contribution in [-0.2, 0) is 13.0 Å². The zero-order valence-corrected chi connectivity index (χ0v) is 17.2. The number of nitrogens with zero attached hydrogens (tertiary/aromatic N) is 6. The molecule has 1 N–H and O–H groups in total. The molecule has 3 aromatic heterocycles. The van der Waals surface area contributed by atoms with Crippen LogP contribution < -0.4 is 10.2 Å². The van der Waals surface area contributed by atoms with Gasteiger partial charge in [0.05, 0.1) is 12.1 Å². The summed E-state index contributed by atoms with van der Waals surface area (Å²) in [4.78, 5) is 18.9. The van der Waals surface area contributed by atoms with E-state index in [2.05, 4.69) is 32.6 Å². The van der Waals surface area contributed by atoms with Gasteiger partial charge in [-0.25, -0.2) is 0 Å². The van der Waals surface area contributed by atoms with Crippen molar-refractivity contribution in [2.45, 2.75) is 26.3 Å². The van der Waals surface area contributed by atoms with Crippen LogP contribution >= 0.6 is 0 Å². The van der Waals surface area contributed by atoms with E-state index in [1.54, 1.807) is 12.1 Å². The fraction of sp³-hybridized carbons (Fsp3) is 0.286. The van der Waals surface area contributed by atoms with Gasteiger partial charge < -0.3 is 14.7 Å². The fourth-order valence-electron chi connectivity index (χ4n) is 3.11. The Labute approximate surface area is 173 Å². The number of amides is 1. The van der Waals surface area contributed by atoms with Crippen LogP contribution in [0.2, 0.25) is 0 Å². The minimum Gasteiger partial charge on any atom is -0.378 e. The van der Waals surface area contributed by atoms with Crippen LogP contribution in [0.4, 0.5) is 5.69 Å². The van der Waals surface area contributed by atoms with E-state index in [1.165, 1.54) is 0 Å². The lowest BCUT2D eigenvalue weighted by Gasteiger charge is -2.12. The van der Waals surface area contributed by atoms with E-state index in [4.69, 9.17) is 4.52 Å². The van der Waals surface area contributed by atoms with Crippen molar-refractivity contribution in [3.63, 3.8) is 0 Å². The van der Waals surface area contributed by atoms with Gasteiger partial charge in [-0.15, -0.1) is 10.2 Å². The summed E-state index contributed by atoms with van der Waals surface area (Å²) in [6.45, 7) is 2.30. The number of nitrogens with one attached hydrogen (secondary N) is 1. The monoisotopic (exact) mass is 405 g/mol. The number of fused-ring (bicyclic) bond motifs is 1. The number of rotatable bonds is 7. The third-order valence-corrected chi connectivity index (χ3v) is 4.73. The molecule has 1 aromatic carbocycles. The normalized spacial score (nSPS) is 11.0. The molecule has 1 amide bonds. The van der Waals surface area contributed by atoms with Crippen molar-refractivity contribution >= 4 is 17.2 Å². The molecule has 0 fully saturated rings. The van der Waals surface area contributed by atoms with Crippen molar-refractivity contribution in [2.75, 3.05) is 19.0 Å². The average Bonchev–Trinajstić information content (AvgIpc) is 3.39. The Kier molecular flexibility index (Phi) is 5.42. The molecule has 30 heavy (non-hydrogen) atoms. The zero-order valence-electron chi connectivity index (χ0n) is 17.2. The molecule has 9 nitrogen and oxygen atoms in total. The van der Waals surface area contributed by atoms with E-state index in [9.17, 15) is 4.79 Å². The van der Waals surface area contributed by atoms with Crippen molar-refractivity contribution in [2.24, 2.45) is 0 Å². The summed E-state index contributed by atoms with van der Waals surface area (Å²) in [7, 11) is 3.91. The second-order valence-electron chi connectivity index (χ2n) is 7.12. The van der Waals surface area contributed by atoms with Crippen LogP contribution in [0.25, 0.3) is 17.1 Å². The zero-order chi connectivity index (χ0) is 21.1. The molecule has 4 aromatic rings. The Morgan fingerprint density at radius 3 is 2.70 bits per heavy atom. The number of benzene rings is 1. The van der Waals surface area contributed by atoms with E-state index in [0.717, 1.165) is 18.5 Å². The molecular weight excluding hydrogens is 382 g/mol. The van der Waals surface area contributed by atoms with Gasteiger partial charge in [-0.2, -0.15) is 4.98 Å². The summed E-state index contributed by atoms with van der Waals surface area (Å²) in [6, 6.07) is 11.1. The number of aromatic nitrogens is 5. The van der Waals surface area contributed by atoms with Crippen LogP contribution in [-0.4, -0.2) is 44.7 Å². The highest BCUT2D eigenvalue weighted by atomic mass is 16.5. The lowest BCUT2D eigenvalue weighted by atomic mass is 10.2. The van der Waals surface area contributed by atoms with Gasteiger partial charge in [-0.05, 0) is 42.8 Å². The van der Waals surface area contributed by atoms with Crippen LogP contribution in [0.1, 0.15) is 35.4 Å². The maximum Gasteiger partial charge on any atom is 0.261 e. The molecule has 3 heterocycles.